The van der Waals surface area contributed by atoms with Crippen LogP contribution in [0.25, 0.3) is 0 Å². The van der Waals surface area contributed by atoms with E-state index in [1.807, 2.05) is 6.92 Å². The summed E-state index contributed by atoms with van der Waals surface area (Å²) in [6, 6.07) is 0.497. The Morgan fingerprint density at radius 2 is 2.27 bits per heavy atom. The highest BCUT2D eigenvalue weighted by molar-refractivity contribution is 8.15. The SMILES string of the molecule is C[C@H]1SC(=N[C@H]2C[C@@H]3CCC2C3)NC1=O. The normalized spacial score (nSPS) is 46.5. The second-order valence-electron chi connectivity index (χ2n) is 4.93. The fourth-order valence-electron chi connectivity index (χ4n) is 3.04. The standard InChI is InChI=1S/C11H16N2OS/c1-6-10(14)13-11(15-6)12-9-5-7-2-3-8(9)4-7/h6-9H,2-5H2,1H3,(H,12,13,14)/t6-,7-,8?,9+/m1/s1. The number of hydrogen-bond acceptors (Lipinski definition) is 3. The Kier molecular flexibility index (Phi) is 2.27. The molecule has 2 bridgehead atoms. The summed E-state index contributed by atoms with van der Waals surface area (Å²) in [6.45, 7) is 1.93. The van der Waals surface area contributed by atoms with Gasteiger partial charge in [-0.05, 0) is 38.0 Å². The number of hydrogen-bond donors (Lipinski definition) is 1. The van der Waals surface area contributed by atoms with Crippen LogP contribution in [-0.4, -0.2) is 22.4 Å². The van der Waals surface area contributed by atoms with Gasteiger partial charge in [0.1, 0.15) is 0 Å². The highest BCUT2D eigenvalue weighted by atomic mass is 32.2. The Balaban J connectivity index is 1.70. The van der Waals surface area contributed by atoms with Gasteiger partial charge in [-0.3, -0.25) is 9.79 Å². The van der Waals surface area contributed by atoms with Crippen LogP contribution in [0.5, 0.6) is 0 Å². The molecule has 0 radical (unpaired) electrons. The molecule has 2 saturated carbocycles. The Hall–Kier alpha value is -0.510. The quantitative estimate of drug-likeness (QED) is 0.737. The van der Waals surface area contributed by atoms with Gasteiger partial charge in [0.05, 0.1) is 11.3 Å². The van der Waals surface area contributed by atoms with E-state index in [0.717, 1.165) is 17.0 Å². The molecule has 2 aliphatic carbocycles. The molecule has 1 unspecified atom stereocenters. The lowest BCUT2D eigenvalue weighted by Crippen LogP contribution is -2.25. The van der Waals surface area contributed by atoms with Crippen molar-refractivity contribution in [1.82, 2.24) is 5.32 Å². The third-order valence-electron chi connectivity index (χ3n) is 3.87. The molecule has 1 amide bonds. The van der Waals surface area contributed by atoms with Crippen molar-refractivity contribution < 1.29 is 4.79 Å². The maximum Gasteiger partial charge on any atom is 0.239 e. The average Bonchev–Trinajstić information content (AvgIpc) is 2.84. The number of carbonyl (C=O) groups is 1. The summed E-state index contributed by atoms with van der Waals surface area (Å²) in [6.07, 6.45) is 5.37. The summed E-state index contributed by atoms with van der Waals surface area (Å²) < 4.78 is 0. The Morgan fingerprint density at radius 1 is 1.40 bits per heavy atom. The molecular formula is C11H16N2OS. The highest BCUT2D eigenvalue weighted by Gasteiger charge is 2.40. The molecule has 1 saturated heterocycles. The molecule has 82 valence electrons. The molecule has 3 fully saturated rings. The number of nitrogens with one attached hydrogen (secondary N) is 1. The van der Waals surface area contributed by atoms with Gasteiger partial charge in [-0.15, -0.1) is 0 Å². The van der Waals surface area contributed by atoms with Crippen molar-refractivity contribution in [2.24, 2.45) is 16.8 Å². The number of fused-ring (bicyclic) bond motifs is 2. The number of carbonyl (C=O) groups excluding carboxylic acids is 1. The lowest BCUT2D eigenvalue weighted by Gasteiger charge is -2.17. The third-order valence-corrected chi connectivity index (χ3v) is 4.87. The molecule has 1 N–H and O–H groups in total. The van der Waals surface area contributed by atoms with E-state index in [1.54, 1.807) is 11.8 Å². The number of aliphatic imine (C=N–C) groups is 1. The molecule has 4 atom stereocenters. The maximum absolute atomic E-state index is 11.3. The minimum atomic E-state index is 0.0438. The van der Waals surface area contributed by atoms with Gasteiger partial charge in [-0.2, -0.15) is 0 Å². The Morgan fingerprint density at radius 3 is 2.80 bits per heavy atom. The van der Waals surface area contributed by atoms with E-state index in [-0.39, 0.29) is 11.2 Å². The van der Waals surface area contributed by atoms with Crippen molar-refractivity contribution in [3.8, 4) is 0 Å². The monoisotopic (exact) mass is 224 g/mol. The second kappa shape index (κ2) is 3.51. The van der Waals surface area contributed by atoms with Crippen LogP contribution in [0.2, 0.25) is 0 Å². The highest BCUT2D eigenvalue weighted by Crippen LogP contribution is 2.46. The largest absolute Gasteiger partial charge is 0.304 e. The molecule has 4 heteroatoms. The van der Waals surface area contributed by atoms with E-state index >= 15 is 0 Å². The van der Waals surface area contributed by atoms with Crippen LogP contribution in [-0.2, 0) is 4.79 Å². The van der Waals surface area contributed by atoms with Gasteiger partial charge in [-0.1, -0.05) is 18.2 Å². The van der Waals surface area contributed by atoms with Crippen LogP contribution in [0.1, 0.15) is 32.6 Å². The lowest BCUT2D eigenvalue weighted by atomic mass is 9.96. The van der Waals surface area contributed by atoms with E-state index in [4.69, 9.17) is 4.99 Å². The van der Waals surface area contributed by atoms with Crippen LogP contribution < -0.4 is 5.32 Å². The van der Waals surface area contributed by atoms with Gasteiger partial charge < -0.3 is 5.32 Å². The first-order chi connectivity index (χ1) is 7.22. The molecule has 15 heavy (non-hydrogen) atoms. The van der Waals surface area contributed by atoms with Crippen molar-refractivity contribution in [2.75, 3.05) is 0 Å². The summed E-state index contributed by atoms with van der Waals surface area (Å²) in [4.78, 5) is 16.0. The van der Waals surface area contributed by atoms with Gasteiger partial charge >= 0.3 is 0 Å². The summed E-state index contributed by atoms with van der Waals surface area (Å²) in [7, 11) is 0. The molecule has 1 heterocycles. The Labute approximate surface area is 94.1 Å². The van der Waals surface area contributed by atoms with E-state index in [1.165, 1.54) is 25.7 Å². The first-order valence-corrected chi connectivity index (χ1v) is 6.65. The molecule has 0 spiro atoms. The van der Waals surface area contributed by atoms with Crippen molar-refractivity contribution in [3.63, 3.8) is 0 Å². The van der Waals surface area contributed by atoms with Crippen LogP contribution in [0.3, 0.4) is 0 Å². The summed E-state index contributed by atoms with van der Waals surface area (Å²) in [5.41, 5.74) is 0. The number of amides is 1. The second-order valence-corrected chi connectivity index (χ2v) is 6.26. The van der Waals surface area contributed by atoms with Gasteiger partial charge in [0.2, 0.25) is 5.91 Å². The van der Waals surface area contributed by atoms with Crippen LogP contribution >= 0.6 is 11.8 Å². The number of rotatable bonds is 1. The zero-order valence-corrected chi connectivity index (χ0v) is 9.72. The van der Waals surface area contributed by atoms with Crippen molar-refractivity contribution in [3.05, 3.63) is 0 Å². The van der Waals surface area contributed by atoms with Crippen LogP contribution in [0, 0.1) is 11.8 Å². The summed E-state index contributed by atoms with van der Waals surface area (Å²) >= 11 is 1.58. The zero-order chi connectivity index (χ0) is 10.4. The van der Waals surface area contributed by atoms with Crippen molar-refractivity contribution in [2.45, 2.75) is 43.9 Å². The zero-order valence-electron chi connectivity index (χ0n) is 8.90. The van der Waals surface area contributed by atoms with Gasteiger partial charge in [0.15, 0.2) is 5.17 Å². The number of nitrogens with zero attached hydrogens (tertiary/aromatic N) is 1. The van der Waals surface area contributed by atoms with Gasteiger partial charge in [-0.25, -0.2) is 0 Å². The fourth-order valence-corrected chi connectivity index (χ4v) is 3.90. The predicted molar refractivity (Wildman–Crippen MR) is 61.9 cm³/mol. The fraction of sp³-hybridized carbons (Fsp3) is 0.818. The minimum Gasteiger partial charge on any atom is -0.304 e. The Bertz CT molecular complexity index is 329. The third kappa shape index (κ3) is 1.69. The van der Waals surface area contributed by atoms with E-state index in [0.29, 0.717) is 6.04 Å². The maximum atomic E-state index is 11.3. The number of thioether (sulfide) groups is 1. The van der Waals surface area contributed by atoms with E-state index in [9.17, 15) is 4.79 Å². The number of amidine groups is 1. The first-order valence-electron chi connectivity index (χ1n) is 5.77. The smallest absolute Gasteiger partial charge is 0.239 e. The van der Waals surface area contributed by atoms with Crippen LogP contribution in [0.4, 0.5) is 0 Å². The van der Waals surface area contributed by atoms with Gasteiger partial charge in [0.25, 0.3) is 0 Å². The van der Waals surface area contributed by atoms with Crippen molar-refractivity contribution >= 4 is 22.8 Å². The molecule has 3 nitrogen and oxygen atoms in total. The topological polar surface area (TPSA) is 41.5 Å². The van der Waals surface area contributed by atoms with E-state index < -0.39 is 0 Å². The molecule has 0 aromatic heterocycles. The molecule has 3 rings (SSSR count). The average molecular weight is 224 g/mol. The molecule has 0 aromatic carbocycles. The molecule has 3 aliphatic rings. The lowest BCUT2D eigenvalue weighted by molar-refractivity contribution is -0.118. The van der Waals surface area contributed by atoms with Crippen molar-refractivity contribution in [1.29, 1.82) is 0 Å². The van der Waals surface area contributed by atoms with Gasteiger partial charge in [0, 0.05) is 0 Å². The predicted octanol–water partition coefficient (Wildman–Crippen LogP) is 1.78. The molecular weight excluding hydrogens is 208 g/mol. The molecule has 1 aliphatic heterocycles. The summed E-state index contributed by atoms with van der Waals surface area (Å²) in [5.74, 6) is 1.83. The first kappa shape index (κ1) is 9.70. The summed E-state index contributed by atoms with van der Waals surface area (Å²) in [5, 5.41) is 3.77. The van der Waals surface area contributed by atoms with E-state index in [2.05, 4.69) is 5.32 Å². The van der Waals surface area contributed by atoms with Crippen LogP contribution in [0.15, 0.2) is 4.99 Å². The molecule has 0 aromatic rings. The minimum absolute atomic E-state index is 0.0438.